The molecule has 10 rings (SSSR count). The number of anilines is 3. The quantitative estimate of drug-likeness (QED) is 0.206. The van der Waals surface area contributed by atoms with Crippen molar-refractivity contribution in [2.75, 3.05) is 4.90 Å². The van der Waals surface area contributed by atoms with Crippen LogP contribution >= 0.6 is 0 Å². The molecule has 0 aliphatic heterocycles. The molecule has 1 N–H and O–H groups in total. The van der Waals surface area contributed by atoms with Gasteiger partial charge in [-0.15, -0.1) is 0 Å². The highest BCUT2D eigenvalue weighted by Crippen LogP contribution is 2.52. The first kappa shape index (κ1) is 27.9. The lowest BCUT2D eigenvalue weighted by atomic mass is 9.81. The molecule has 0 fully saturated rings. The highest BCUT2D eigenvalue weighted by atomic mass is 15.1. The third-order valence-corrected chi connectivity index (χ3v) is 10.8. The van der Waals surface area contributed by atoms with Crippen molar-refractivity contribution >= 4 is 60.4 Å². The minimum Gasteiger partial charge on any atom is -0.354 e. The van der Waals surface area contributed by atoms with Gasteiger partial charge in [-0.05, 0) is 97.9 Å². The van der Waals surface area contributed by atoms with Crippen molar-refractivity contribution in [3.8, 4) is 22.3 Å². The van der Waals surface area contributed by atoms with Crippen LogP contribution in [0.25, 0.3) is 65.6 Å². The summed E-state index contributed by atoms with van der Waals surface area (Å²) in [6, 6.07) is 60.2. The average molecular weight is 627 g/mol. The number of rotatable bonds is 4. The van der Waals surface area contributed by atoms with Crippen molar-refractivity contribution < 1.29 is 0 Å². The zero-order valence-corrected chi connectivity index (χ0v) is 27.5. The van der Waals surface area contributed by atoms with Crippen LogP contribution < -0.4 is 4.90 Å². The highest BCUT2D eigenvalue weighted by Gasteiger charge is 2.36. The zero-order valence-electron chi connectivity index (χ0n) is 27.5. The van der Waals surface area contributed by atoms with Crippen LogP contribution in [0.5, 0.6) is 0 Å². The molecule has 0 saturated carbocycles. The zero-order chi connectivity index (χ0) is 32.7. The van der Waals surface area contributed by atoms with Gasteiger partial charge in [0.2, 0.25) is 0 Å². The van der Waals surface area contributed by atoms with Crippen LogP contribution in [0.15, 0.2) is 164 Å². The number of benzene rings is 8. The SMILES string of the molecule is CC1(C)c2ccc(N(c3ccc4ccccc4c3)c3ccc4ccccc4c3)cc2-c2ccc(-c3cccc4c3[nH]c3ccccc34)cc21. The van der Waals surface area contributed by atoms with Crippen molar-refractivity contribution in [1.29, 1.82) is 0 Å². The molecule has 49 heavy (non-hydrogen) atoms. The molecule has 0 radical (unpaired) electrons. The molecule has 1 aliphatic rings. The number of nitrogens with one attached hydrogen (secondary N) is 1. The Labute approximate surface area is 285 Å². The van der Waals surface area contributed by atoms with Gasteiger partial charge in [-0.3, -0.25) is 0 Å². The second-order valence-electron chi connectivity index (χ2n) is 13.9. The molecular weight excluding hydrogens is 593 g/mol. The normalized spacial score (nSPS) is 13.3. The van der Waals surface area contributed by atoms with Gasteiger partial charge in [0.25, 0.3) is 0 Å². The molecule has 1 aliphatic carbocycles. The molecule has 0 spiro atoms. The van der Waals surface area contributed by atoms with Gasteiger partial charge in [0.1, 0.15) is 0 Å². The first-order valence-corrected chi connectivity index (χ1v) is 17.1. The maximum absolute atomic E-state index is 3.72. The van der Waals surface area contributed by atoms with Gasteiger partial charge < -0.3 is 9.88 Å². The Bertz CT molecular complexity index is 2680. The number of nitrogens with zero attached hydrogens (tertiary/aromatic N) is 1. The molecule has 2 heteroatoms. The third-order valence-electron chi connectivity index (χ3n) is 10.8. The van der Waals surface area contributed by atoms with E-state index in [4.69, 9.17) is 0 Å². The predicted octanol–water partition coefficient (Wildman–Crippen LogP) is 13.1. The van der Waals surface area contributed by atoms with Crippen molar-refractivity contribution in [2.24, 2.45) is 0 Å². The summed E-state index contributed by atoms with van der Waals surface area (Å²) in [7, 11) is 0. The Morgan fingerprint density at radius 1 is 0.429 bits per heavy atom. The molecule has 0 atom stereocenters. The van der Waals surface area contributed by atoms with E-state index < -0.39 is 0 Å². The summed E-state index contributed by atoms with van der Waals surface area (Å²) in [5.41, 5.74) is 13.5. The maximum atomic E-state index is 3.72. The summed E-state index contributed by atoms with van der Waals surface area (Å²) in [6.45, 7) is 4.74. The van der Waals surface area contributed by atoms with Crippen LogP contribution in [0.1, 0.15) is 25.0 Å². The van der Waals surface area contributed by atoms with E-state index in [1.807, 2.05) is 0 Å². The van der Waals surface area contributed by atoms with Gasteiger partial charge in [-0.25, -0.2) is 0 Å². The fourth-order valence-electron chi connectivity index (χ4n) is 8.24. The van der Waals surface area contributed by atoms with Crippen molar-refractivity contribution in [3.05, 3.63) is 175 Å². The molecule has 0 bridgehead atoms. The Hall–Kier alpha value is -6.12. The molecule has 232 valence electrons. The largest absolute Gasteiger partial charge is 0.354 e. The molecule has 1 aromatic heterocycles. The summed E-state index contributed by atoms with van der Waals surface area (Å²) < 4.78 is 0. The van der Waals surface area contributed by atoms with Crippen LogP contribution in [-0.4, -0.2) is 4.98 Å². The van der Waals surface area contributed by atoms with Gasteiger partial charge >= 0.3 is 0 Å². The summed E-state index contributed by atoms with van der Waals surface area (Å²) in [5, 5.41) is 7.49. The van der Waals surface area contributed by atoms with Crippen molar-refractivity contribution in [3.63, 3.8) is 0 Å². The van der Waals surface area contributed by atoms with Crippen LogP contribution in [-0.2, 0) is 5.41 Å². The monoisotopic (exact) mass is 626 g/mol. The number of hydrogen-bond acceptors (Lipinski definition) is 1. The lowest BCUT2D eigenvalue weighted by Gasteiger charge is -2.27. The lowest BCUT2D eigenvalue weighted by Crippen LogP contribution is -2.15. The molecule has 9 aromatic rings. The third kappa shape index (κ3) is 4.27. The number of hydrogen-bond donors (Lipinski definition) is 1. The molecular formula is C47H34N2. The number of H-pyrrole nitrogens is 1. The minimum atomic E-state index is -0.135. The molecule has 0 amide bonds. The number of fused-ring (bicyclic) bond motifs is 8. The molecule has 0 unspecified atom stereocenters. The Kier molecular flexibility index (Phi) is 5.95. The smallest absolute Gasteiger partial charge is 0.0544 e. The number of aromatic nitrogens is 1. The second kappa shape index (κ2) is 10.4. The van der Waals surface area contributed by atoms with E-state index >= 15 is 0 Å². The van der Waals surface area contributed by atoms with Gasteiger partial charge in [0, 0.05) is 44.3 Å². The van der Waals surface area contributed by atoms with E-state index in [9.17, 15) is 0 Å². The van der Waals surface area contributed by atoms with Gasteiger partial charge in [-0.1, -0.05) is 129 Å². The molecule has 1 heterocycles. The van der Waals surface area contributed by atoms with Crippen molar-refractivity contribution in [2.45, 2.75) is 19.3 Å². The summed E-state index contributed by atoms with van der Waals surface area (Å²) in [6.07, 6.45) is 0. The number of para-hydroxylation sites is 2. The first-order chi connectivity index (χ1) is 24.0. The standard InChI is InChI=1S/C47H34N2/c1-47(2)43-25-23-37(49(35-21-18-30-10-3-5-12-32(30)26-35)36-22-19-31-11-4-6-13-33(31)27-36)29-42(43)39-24-20-34(28-44(39)47)38-15-9-16-41-40-14-7-8-17-45(40)48-46(38)41/h3-29,48H,1-2H3. The highest BCUT2D eigenvalue weighted by molar-refractivity contribution is 6.12. The van der Waals surface area contributed by atoms with Crippen LogP contribution in [0, 0.1) is 0 Å². The van der Waals surface area contributed by atoms with E-state index in [1.54, 1.807) is 0 Å². The Morgan fingerprint density at radius 2 is 1.04 bits per heavy atom. The second-order valence-corrected chi connectivity index (χ2v) is 13.9. The van der Waals surface area contributed by atoms with Gasteiger partial charge in [-0.2, -0.15) is 0 Å². The summed E-state index contributed by atoms with van der Waals surface area (Å²) in [5.74, 6) is 0. The van der Waals surface area contributed by atoms with E-state index in [0.29, 0.717) is 0 Å². The lowest BCUT2D eigenvalue weighted by molar-refractivity contribution is 0.660. The fourth-order valence-corrected chi connectivity index (χ4v) is 8.24. The predicted molar refractivity (Wildman–Crippen MR) is 208 cm³/mol. The van der Waals surface area contributed by atoms with Gasteiger partial charge in [0.15, 0.2) is 0 Å². The van der Waals surface area contributed by atoms with E-state index in [1.165, 1.54) is 76.7 Å². The Morgan fingerprint density at radius 3 is 1.78 bits per heavy atom. The molecule has 0 saturated heterocycles. The average Bonchev–Trinajstić information content (AvgIpc) is 3.63. The Balaban J connectivity index is 1.13. The molecule has 8 aromatic carbocycles. The van der Waals surface area contributed by atoms with Crippen LogP contribution in [0.3, 0.4) is 0 Å². The van der Waals surface area contributed by atoms with E-state index in [-0.39, 0.29) is 5.41 Å². The number of aromatic amines is 1. The topological polar surface area (TPSA) is 19.0 Å². The first-order valence-electron chi connectivity index (χ1n) is 17.1. The minimum absolute atomic E-state index is 0.135. The molecule has 2 nitrogen and oxygen atoms in total. The summed E-state index contributed by atoms with van der Waals surface area (Å²) >= 11 is 0. The fraction of sp³-hybridized carbons (Fsp3) is 0.0638. The summed E-state index contributed by atoms with van der Waals surface area (Å²) in [4.78, 5) is 6.13. The van der Waals surface area contributed by atoms with Crippen molar-refractivity contribution in [1.82, 2.24) is 4.98 Å². The van der Waals surface area contributed by atoms with E-state index in [0.717, 1.165) is 17.1 Å². The maximum Gasteiger partial charge on any atom is 0.0544 e. The van der Waals surface area contributed by atoms with E-state index in [2.05, 4.69) is 188 Å². The van der Waals surface area contributed by atoms with Gasteiger partial charge in [0.05, 0.1) is 5.52 Å². The van der Waals surface area contributed by atoms with Crippen LogP contribution in [0.2, 0.25) is 0 Å². The van der Waals surface area contributed by atoms with Crippen LogP contribution in [0.4, 0.5) is 17.1 Å².